The predicted molar refractivity (Wildman–Crippen MR) is 105 cm³/mol. The maximum Gasteiger partial charge on any atom is 0.342 e. The van der Waals surface area contributed by atoms with Gasteiger partial charge >= 0.3 is 5.97 Å². The minimum Gasteiger partial charge on any atom is -0.465 e. The van der Waals surface area contributed by atoms with Gasteiger partial charge in [0.15, 0.2) is 0 Å². The summed E-state index contributed by atoms with van der Waals surface area (Å²) in [6.07, 6.45) is 0. The van der Waals surface area contributed by atoms with E-state index >= 15 is 0 Å². The molecule has 0 aliphatic rings. The average Bonchev–Trinajstić information content (AvgIpc) is 3.25. The molecule has 8 nitrogen and oxygen atoms in total. The minimum absolute atomic E-state index is 0.136. The third-order valence-corrected chi connectivity index (χ3v) is 4.95. The van der Waals surface area contributed by atoms with Crippen molar-refractivity contribution in [2.45, 2.75) is 6.92 Å². The second-order valence-corrected chi connectivity index (χ2v) is 6.84. The molecule has 0 aliphatic heterocycles. The first-order chi connectivity index (χ1) is 13.5. The molecule has 0 unspecified atom stereocenters. The van der Waals surface area contributed by atoms with Gasteiger partial charge in [-0.05, 0) is 19.1 Å². The number of aromatic nitrogens is 1. The summed E-state index contributed by atoms with van der Waals surface area (Å²) in [6.45, 7) is 2.14. The number of aryl methyl sites for hydroxylation is 1. The molecule has 0 fully saturated rings. The van der Waals surface area contributed by atoms with Gasteiger partial charge in [-0.25, -0.2) is 9.78 Å². The second-order valence-electron chi connectivity index (χ2n) is 5.81. The second kappa shape index (κ2) is 8.96. The highest BCUT2D eigenvalue weighted by Crippen LogP contribution is 2.40. The molecular formula is C19H20N2O6S. The number of fused-ring (bicyclic) bond motifs is 1. The Morgan fingerprint density at radius 2 is 2.00 bits per heavy atom. The van der Waals surface area contributed by atoms with Crippen LogP contribution in [0.4, 0.5) is 5.88 Å². The van der Waals surface area contributed by atoms with Crippen molar-refractivity contribution in [1.29, 1.82) is 0 Å². The third-order valence-electron chi connectivity index (χ3n) is 3.90. The van der Waals surface area contributed by atoms with E-state index in [2.05, 4.69) is 10.3 Å². The van der Waals surface area contributed by atoms with Crippen LogP contribution in [0, 0.1) is 6.92 Å². The van der Waals surface area contributed by atoms with Gasteiger partial charge in [0, 0.05) is 7.11 Å². The predicted octanol–water partition coefficient (Wildman–Crippen LogP) is 3.25. The fraction of sp³-hybridized carbons (Fsp3) is 0.316. The topological polar surface area (TPSA) is 99.9 Å². The molecule has 2 heterocycles. The van der Waals surface area contributed by atoms with Crippen molar-refractivity contribution >= 4 is 39.3 Å². The number of amides is 1. The number of hydrogen-bond acceptors (Lipinski definition) is 8. The van der Waals surface area contributed by atoms with Crippen molar-refractivity contribution in [2.75, 3.05) is 39.4 Å². The van der Waals surface area contributed by atoms with Crippen LogP contribution in [0.2, 0.25) is 0 Å². The van der Waals surface area contributed by atoms with Crippen LogP contribution in [-0.4, -0.2) is 50.9 Å². The first kappa shape index (κ1) is 20.0. The molecule has 0 atom stereocenters. The number of benzene rings is 1. The number of hydrogen-bond donors (Lipinski definition) is 1. The maximum atomic E-state index is 12.3. The average molecular weight is 404 g/mol. The molecule has 0 bridgehead atoms. The number of thiazole rings is 1. The van der Waals surface area contributed by atoms with Crippen LogP contribution in [0.1, 0.15) is 16.1 Å². The van der Waals surface area contributed by atoms with E-state index in [9.17, 15) is 9.59 Å². The van der Waals surface area contributed by atoms with Crippen LogP contribution in [0.15, 0.2) is 28.7 Å². The van der Waals surface area contributed by atoms with Crippen LogP contribution >= 0.6 is 11.3 Å². The number of nitrogens with one attached hydrogen (secondary N) is 1. The Morgan fingerprint density at radius 3 is 2.71 bits per heavy atom. The highest BCUT2D eigenvalue weighted by atomic mass is 32.1. The normalized spacial score (nSPS) is 11.0. The Hall–Kier alpha value is -2.75. The lowest BCUT2D eigenvalue weighted by Gasteiger charge is -2.06. The zero-order valence-corrected chi connectivity index (χ0v) is 16.6. The molecule has 0 saturated heterocycles. The molecule has 1 N–H and O–H groups in total. The third kappa shape index (κ3) is 4.22. The number of methoxy groups -OCH3 is 2. The summed E-state index contributed by atoms with van der Waals surface area (Å²) in [5.74, 6) is -0.509. The lowest BCUT2D eigenvalue weighted by Crippen LogP contribution is -2.19. The molecule has 0 saturated carbocycles. The van der Waals surface area contributed by atoms with Crippen LogP contribution in [0.25, 0.3) is 20.8 Å². The standard InChI is InChI=1S/C19H20N2O6S/c1-11-15(19(23)25-3)16(18-20-12-6-4-5-7-13(12)28-18)17(27-11)21-14(22)10-26-9-8-24-2/h4-7H,8-10H2,1-3H3,(H,21,22). The lowest BCUT2D eigenvalue weighted by molar-refractivity contribution is -0.121. The van der Waals surface area contributed by atoms with Gasteiger partial charge in [-0.15, -0.1) is 11.3 Å². The van der Waals surface area contributed by atoms with Gasteiger partial charge in [-0.2, -0.15) is 0 Å². The molecule has 9 heteroatoms. The smallest absolute Gasteiger partial charge is 0.342 e. The molecule has 3 aromatic rings. The molecule has 3 rings (SSSR count). The minimum atomic E-state index is -0.563. The fourth-order valence-electron chi connectivity index (χ4n) is 2.63. The van der Waals surface area contributed by atoms with E-state index in [1.54, 1.807) is 14.0 Å². The van der Waals surface area contributed by atoms with Crippen molar-refractivity contribution in [3.05, 3.63) is 35.6 Å². The van der Waals surface area contributed by atoms with Gasteiger partial charge in [-0.3, -0.25) is 10.1 Å². The zero-order valence-electron chi connectivity index (χ0n) is 15.7. The Labute approximate surface area is 165 Å². The number of rotatable bonds is 8. The SMILES string of the molecule is COCCOCC(=O)Nc1oc(C)c(C(=O)OC)c1-c1nc2ccccc2s1. The summed E-state index contributed by atoms with van der Waals surface area (Å²) in [6, 6.07) is 7.60. The Morgan fingerprint density at radius 1 is 1.21 bits per heavy atom. The van der Waals surface area contributed by atoms with Gasteiger partial charge < -0.3 is 18.6 Å². The molecule has 1 aromatic carbocycles. The molecule has 0 radical (unpaired) electrons. The van der Waals surface area contributed by atoms with E-state index < -0.39 is 11.9 Å². The monoisotopic (exact) mass is 404 g/mol. The van der Waals surface area contributed by atoms with Crippen LogP contribution in [0.5, 0.6) is 0 Å². The number of ether oxygens (including phenoxy) is 3. The largest absolute Gasteiger partial charge is 0.465 e. The molecule has 28 heavy (non-hydrogen) atoms. The van der Waals surface area contributed by atoms with Gasteiger partial charge in [0.2, 0.25) is 5.88 Å². The number of carbonyl (C=O) groups excluding carboxylic acids is 2. The highest BCUT2D eigenvalue weighted by molar-refractivity contribution is 7.21. The molecule has 0 aliphatic carbocycles. The van der Waals surface area contributed by atoms with Crippen LogP contribution in [-0.2, 0) is 19.0 Å². The molecule has 1 amide bonds. The number of carbonyl (C=O) groups is 2. The first-order valence-corrected chi connectivity index (χ1v) is 9.31. The Bertz CT molecular complexity index is 961. The van der Waals surface area contributed by atoms with E-state index in [0.29, 0.717) is 29.5 Å². The van der Waals surface area contributed by atoms with Crippen molar-refractivity contribution in [3.63, 3.8) is 0 Å². The van der Waals surface area contributed by atoms with Gasteiger partial charge in [-0.1, -0.05) is 12.1 Å². The summed E-state index contributed by atoms with van der Waals surface area (Å²) < 4.78 is 21.6. The van der Waals surface area contributed by atoms with E-state index in [1.807, 2.05) is 24.3 Å². The number of para-hydroxylation sites is 1. The maximum absolute atomic E-state index is 12.3. The summed E-state index contributed by atoms with van der Waals surface area (Å²) in [7, 11) is 2.84. The van der Waals surface area contributed by atoms with Gasteiger partial charge in [0.05, 0.1) is 36.1 Å². The lowest BCUT2D eigenvalue weighted by atomic mass is 10.1. The first-order valence-electron chi connectivity index (χ1n) is 8.49. The summed E-state index contributed by atoms with van der Waals surface area (Å²) in [5.41, 5.74) is 1.42. The van der Waals surface area contributed by atoms with Crippen molar-refractivity contribution < 1.29 is 28.2 Å². The summed E-state index contributed by atoms with van der Waals surface area (Å²) in [5, 5.41) is 3.21. The Balaban J connectivity index is 1.96. The molecular weight excluding hydrogens is 384 g/mol. The number of anilines is 1. The van der Waals surface area contributed by atoms with Crippen LogP contribution < -0.4 is 5.32 Å². The van der Waals surface area contributed by atoms with Crippen molar-refractivity contribution in [1.82, 2.24) is 4.98 Å². The van der Waals surface area contributed by atoms with Gasteiger partial charge in [0.1, 0.15) is 22.9 Å². The van der Waals surface area contributed by atoms with E-state index in [0.717, 1.165) is 10.2 Å². The van der Waals surface area contributed by atoms with Crippen molar-refractivity contribution in [2.24, 2.45) is 0 Å². The van der Waals surface area contributed by atoms with Gasteiger partial charge in [0.25, 0.3) is 5.91 Å². The van der Waals surface area contributed by atoms with E-state index in [1.165, 1.54) is 18.4 Å². The van der Waals surface area contributed by atoms with Crippen molar-refractivity contribution in [3.8, 4) is 10.6 Å². The quantitative estimate of drug-likeness (QED) is 0.454. The highest BCUT2D eigenvalue weighted by Gasteiger charge is 2.28. The zero-order chi connectivity index (χ0) is 20.1. The molecule has 2 aromatic heterocycles. The van der Waals surface area contributed by atoms with Crippen LogP contribution in [0.3, 0.4) is 0 Å². The van der Waals surface area contributed by atoms with E-state index in [-0.39, 0.29) is 18.1 Å². The fourth-order valence-corrected chi connectivity index (χ4v) is 3.65. The number of nitrogens with zero attached hydrogens (tertiary/aromatic N) is 1. The molecule has 0 spiro atoms. The summed E-state index contributed by atoms with van der Waals surface area (Å²) >= 11 is 1.39. The molecule has 148 valence electrons. The number of furan rings is 1. The summed E-state index contributed by atoms with van der Waals surface area (Å²) in [4.78, 5) is 29.1. The number of esters is 1. The van der Waals surface area contributed by atoms with E-state index in [4.69, 9.17) is 18.6 Å². The Kier molecular flexibility index (Phi) is 6.40.